The van der Waals surface area contributed by atoms with Crippen molar-refractivity contribution < 1.29 is 13.6 Å². The zero-order valence-electron chi connectivity index (χ0n) is 13.6. The second-order valence-electron chi connectivity index (χ2n) is 7.19. The van der Waals surface area contributed by atoms with Crippen molar-refractivity contribution >= 4 is 5.91 Å². The molecule has 4 fully saturated rings. The summed E-state index contributed by atoms with van der Waals surface area (Å²) in [6, 6.07) is 4.58. The molecular formula is C18H23F2N3O. The lowest BCUT2D eigenvalue weighted by atomic mass is 9.75. The average molecular weight is 335 g/mol. The van der Waals surface area contributed by atoms with Crippen molar-refractivity contribution in [3.63, 3.8) is 0 Å². The number of rotatable bonds is 3. The van der Waals surface area contributed by atoms with Crippen molar-refractivity contribution in [3.05, 3.63) is 35.4 Å². The summed E-state index contributed by atoms with van der Waals surface area (Å²) in [6.07, 6.45) is 2.46. The first-order chi connectivity index (χ1) is 11.6. The van der Waals surface area contributed by atoms with Crippen molar-refractivity contribution in [2.75, 3.05) is 26.2 Å². The smallest absolute Gasteiger partial charge is 0.224 e. The van der Waals surface area contributed by atoms with E-state index < -0.39 is 11.6 Å². The van der Waals surface area contributed by atoms with Crippen LogP contribution in [0.4, 0.5) is 8.78 Å². The van der Waals surface area contributed by atoms with Gasteiger partial charge in [0.05, 0.1) is 6.04 Å². The number of hydrogen-bond donors (Lipinski definition) is 1. The van der Waals surface area contributed by atoms with Crippen molar-refractivity contribution in [2.24, 2.45) is 11.7 Å². The largest absolute Gasteiger partial charge is 0.337 e. The van der Waals surface area contributed by atoms with Crippen LogP contribution in [0.15, 0.2) is 18.2 Å². The highest BCUT2D eigenvalue weighted by atomic mass is 19.2. The summed E-state index contributed by atoms with van der Waals surface area (Å²) >= 11 is 0. The van der Waals surface area contributed by atoms with Gasteiger partial charge in [-0.15, -0.1) is 0 Å². The SMILES string of the molecule is NCCC(=O)N1C[C@H](c2cccc(F)c2F)[C@H]2[C@@H]1C1CCN2CC1. The van der Waals surface area contributed by atoms with Crippen LogP contribution >= 0.6 is 0 Å². The Morgan fingerprint density at radius 3 is 2.67 bits per heavy atom. The maximum atomic E-state index is 14.4. The van der Waals surface area contributed by atoms with E-state index in [0.717, 1.165) is 32.0 Å². The zero-order valence-corrected chi connectivity index (χ0v) is 13.6. The quantitative estimate of drug-likeness (QED) is 0.915. The van der Waals surface area contributed by atoms with Crippen LogP contribution in [0.1, 0.15) is 30.7 Å². The summed E-state index contributed by atoms with van der Waals surface area (Å²) in [5.74, 6) is -1.25. The Balaban J connectivity index is 1.72. The van der Waals surface area contributed by atoms with Crippen molar-refractivity contribution in [2.45, 2.75) is 37.3 Å². The molecule has 2 bridgehead atoms. The molecule has 6 heteroatoms. The highest BCUT2D eigenvalue weighted by Crippen LogP contribution is 2.47. The first kappa shape index (κ1) is 16.0. The predicted octanol–water partition coefficient (Wildman–Crippen LogP) is 1.70. The third-order valence-corrected chi connectivity index (χ3v) is 6.05. The van der Waals surface area contributed by atoms with Gasteiger partial charge in [0, 0.05) is 31.5 Å². The maximum Gasteiger partial charge on any atom is 0.224 e. The minimum atomic E-state index is -0.813. The van der Waals surface area contributed by atoms with Gasteiger partial charge in [-0.05, 0) is 43.5 Å². The molecule has 0 radical (unpaired) electrons. The van der Waals surface area contributed by atoms with Crippen molar-refractivity contribution in [3.8, 4) is 0 Å². The average Bonchev–Trinajstić information content (AvgIpc) is 3.01. The Hall–Kier alpha value is -1.53. The van der Waals surface area contributed by atoms with Crippen LogP contribution in [0.25, 0.3) is 0 Å². The summed E-state index contributed by atoms with van der Waals surface area (Å²) in [7, 11) is 0. The third kappa shape index (κ3) is 2.35. The van der Waals surface area contributed by atoms with E-state index in [2.05, 4.69) is 4.90 Å². The number of carbonyl (C=O) groups excluding carboxylic acids is 1. The fourth-order valence-corrected chi connectivity index (χ4v) is 5.05. The van der Waals surface area contributed by atoms with Crippen molar-refractivity contribution in [1.29, 1.82) is 0 Å². The number of benzene rings is 1. The highest BCUT2D eigenvalue weighted by molar-refractivity contribution is 5.77. The van der Waals surface area contributed by atoms with E-state index in [4.69, 9.17) is 5.73 Å². The lowest BCUT2D eigenvalue weighted by molar-refractivity contribution is -0.135. The molecular weight excluding hydrogens is 312 g/mol. The molecule has 4 heterocycles. The number of fused-ring (bicyclic) bond motifs is 2. The first-order valence-corrected chi connectivity index (χ1v) is 8.79. The molecule has 4 aliphatic heterocycles. The van der Waals surface area contributed by atoms with Gasteiger partial charge in [0.15, 0.2) is 11.6 Å². The predicted molar refractivity (Wildman–Crippen MR) is 86.4 cm³/mol. The second kappa shape index (κ2) is 6.08. The van der Waals surface area contributed by atoms with Gasteiger partial charge in [-0.2, -0.15) is 0 Å². The Labute approximate surface area is 140 Å². The van der Waals surface area contributed by atoms with Crippen LogP contribution in [-0.2, 0) is 4.79 Å². The standard InChI is InChI=1S/C18H23F2N3O/c19-14-3-1-2-12(16(14)20)13-10-23(15(24)4-7-21)17-11-5-8-22(9-6-11)18(13)17/h1-3,11,13,17-18H,4-10,21H2/t13-,17+,18+/m1/s1. The molecule has 0 saturated carbocycles. The van der Waals surface area contributed by atoms with E-state index in [9.17, 15) is 13.6 Å². The number of nitrogens with zero attached hydrogens (tertiary/aromatic N) is 2. The molecule has 0 unspecified atom stereocenters. The number of amides is 1. The number of carbonyl (C=O) groups is 1. The first-order valence-electron chi connectivity index (χ1n) is 8.79. The lowest BCUT2D eigenvalue weighted by Crippen LogP contribution is -2.60. The second-order valence-corrected chi connectivity index (χ2v) is 7.19. The van der Waals surface area contributed by atoms with Crippen LogP contribution in [0, 0.1) is 17.6 Å². The Kier molecular flexibility index (Phi) is 4.04. The van der Waals surface area contributed by atoms with E-state index in [1.165, 1.54) is 0 Å². The Morgan fingerprint density at radius 2 is 1.96 bits per heavy atom. The number of likely N-dealkylation sites (tertiary alicyclic amines) is 1. The number of halogens is 2. The molecule has 2 N–H and O–H groups in total. The Morgan fingerprint density at radius 1 is 1.21 bits per heavy atom. The van der Waals surface area contributed by atoms with E-state index in [-0.39, 0.29) is 23.9 Å². The summed E-state index contributed by atoms with van der Waals surface area (Å²) in [5, 5.41) is 0. The minimum Gasteiger partial charge on any atom is -0.337 e. The van der Waals surface area contributed by atoms with E-state index in [1.807, 2.05) is 4.90 Å². The summed E-state index contributed by atoms with van der Waals surface area (Å²) in [6.45, 7) is 2.75. The molecule has 1 aromatic carbocycles. The summed E-state index contributed by atoms with van der Waals surface area (Å²) in [5.41, 5.74) is 5.97. The number of piperidine rings is 3. The fraction of sp³-hybridized carbons (Fsp3) is 0.611. The molecule has 4 saturated heterocycles. The molecule has 1 amide bonds. The zero-order chi connectivity index (χ0) is 16.8. The van der Waals surface area contributed by atoms with Crippen LogP contribution in [0.5, 0.6) is 0 Å². The van der Waals surface area contributed by atoms with Crippen molar-refractivity contribution in [1.82, 2.24) is 9.80 Å². The molecule has 0 aliphatic carbocycles. The Bertz CT molecular complexity index is 645. The van der Waals surface area contributed by atoms with Gasteiger partial charge in [0.1, 0.15) is 0 Å². The van der Waals surface area contributed by atoms with Crippen LogP contribution in [0.2, 0.25) is 0 Å². The normalized spacial score (nSPS) is 34.5. The molecule has 1 aromatic rings. The molecule has 5 rings (SSSR count). The van der Waals surface area contributed by atoms with Crippen LogP contribution in [0.3, 0.4) is 0 Å². The van der Waals surface area contributed by atoms with Gasteiger partial charge in [-0.3, -0.25) is 9.69 Å². The molecule has 24 heavy (non-hydrogen) atoms. The van der Waals surface area contributed by atoms with Gasteiger partial charge >= 0.3 is 0 Å². The number of hydrogen-bond acceptors (Lipinski definition) is 3. The van der Waals surface area contributed by atoms with E-state index in [1.54, 1.807) is 12.1 Å². The topological polar surface area (TPSA) is 49.6 Å². The molecule has 0 spiro atoms. The van der Waals surface area contributed by atoms with Crippen LogP contribution in [-0.4, -0.2) is 54.0 Å². The lowest BCUT2D eigenvalue weighted by Gasteiger charge is -2.51. The van der Waals surface area contributed by atoms with Gasteiger partial charge < -0.3 is 10.6 Å². The van der Waals surface area contributed by atoms with E-state index in [0.29, 0.717) is 31.0 Å². The molecule has 0 aromatic heterocycles. The maximum absolute atomic E-state index is 14.4. The summed E-state index contributed by atoms with van der Waals surface area (Å²) < 4.78 is 28.1. The molecule has 130 valence electrons. The molecule has 4 nitrogen and oxygen atoms in total. The molecule has 4 aliphatic rings. The van der Waals surface area contributed by atoms with E-state index >= 15 is 0 Å². The third-order valence-electron chi connectivity index (χ3n) is 6.05. The fourth-order valence-electron chi connectivity index (χ4n) is 5.05. The van der Waals surface area contributed by atoms with Gasteiger partial charge in [-0.25, -0.2) is 8.78 Å². The van der Waals surface area contributed by atoms with Gasteiger partial charge in [0.2, 0.25) is 5.91 Å². The van der Waals surface area contributed by atoms with Crippen LogP contribution < -0.4 is 5.73 Å². The minimum absolute atomic E-state index is 0.0422. The van der Waals surface area contributed by atoms with Gasteiger partial charge in [-0.1, -0.05) is 12.1 Å². The summed E-state index contributed by atoms with van der Waals surface area (Å²) in [4.78, 5) is 16.8. The van der Waals surface area contributed by atoms with Gasteiger partial charge in [0.25, 0.3) is 0 Å². The number of nitrogens with two attached hydrogens (primary N) is 1. The monoisotopic (exact) mass is 335 g/mol. The highest BCUT2D eigenvalue weighted by Gasteiger charge is 2.54. The molecule has 3 atom stereocenters.